The topological polar surface area (TPSA) is 54.9 Å². The largest absolute Gasteiger partial charge is 0.493 e. The van der Waals surface area contributed by atoms with Gasteiger partial charge in [0.25, 0.3) is 5.91 Å². The number of ether oxygens (including phenoxy) is 2. The van der Waals surface area contributed by atoms with Gasteiger partial charge in [0.05, 0.1) is 18.7 Å². The number of halogens is 1. The molecule has 1 amide bonds. The highest BCUT2D eigenvalue weighted by Crippen LogP contribution is 2.37. The molecule has 2 heterocycles. The summed E-state index contributed by atoms with van der Waals surface area (Å²) in [6.45, 7) is 6.40. The molecule has 1 aliphatic heterocycles. The second-order valence-corrected chi connectivity index (χ2v) is 7.17. The number of hydrogen-bond acceptors (Lipinski definition) is 5. The number of carbonyl (C=O) groups excluding carboxylic acids is 1. The van der Waals surface area contributed by atoms with Crippen molar-refractivity contribution in [2.75, 3.05) is 39.9 Å². The van der Waals surface area contributed by atoms with Gasteiger partial charge in [-0.2, -0.15) is 0 Å². The molecule has 1 aromatic heterocycles. The van der Waals surface area contributed by atoms with Crippen molar-refractivity contribution >= 4 is 17.5 Å². The van der Waals surface area contributed by atoms with Crippen LogP contribution in [0.4, 0.5) is 0 Å². The van der Waals surface area contributed by atoms with Crippen molar-refractivity contribution in [1.29, 1.82) is 0 Å². The van der Waals surface area contributed by atoms with Gasteiger partial charge in [-0.1, -0.05) is 24.6 Å². The van der Waals surface area contributed by atoms with Crippen LogP contribution < -0.4 is 9.47 Å². The van der Waals surface area contributed by atoms with Gasteiger partial charge in [0, 0.05) is 50.7 Å². The first kappa shape index (κ1) is 20.4. The van der Waals surface area contributed by atoms with Gasteiger partial charge in [-0.25, -0.2) is 0 Å². The summed E-state index contributed by atoms with van der Waals surface area (Å²) in [4.78, 5) is 21.3. The Morgan fingerprint density at radius 3 is 2.68 bits per heavy atom. The smallest absolute Gasteiger partial charge is 0.254 e. The van der Waals surface area contributed by atoms with Crippen LogP contribution in [0.3, 0.4) is 0 Å². The predicted octanol–water partition coefficient (Wildman–Crippen LogP) is 3.49. The van der Waals surface area contributed by atoms with Gasteiger partial charge in [-0.05, 0) is 30.2 Å². The number of aromatic nitrogens is 1. The molecule has 0 spiro atoms. The minimum absolute atomic E-state index is 0.0386. The minimum Gasteiger partial charge on any atom is -0.493 e. The summed E-state index contributed by atoms with van der Waals surface area (Å²) in [5.74, 6) is 0.937. The van der Waals surface area contributed by atoms with Crippen LogP contribution in [-0.2, 0) is 6.54 Å². The third-order valence-electron chi connectivity index (χ3n) is 4.72. The van der Waals surface area contributed by atoms with Gasteiger partial charge in [-0.3, -0.25) is 14.7 Å². The summed E-state index contributed by atoms with van der Waals surface area (Å²) in [7, 11) is 1.55. The number of benzene rings is 1. The average molecular weight is 404 g/mol. The molecule has 150 valence electrons. The number of nitrogens with zero attached hydrogens (tertiary/aromatic N) is 3. The van der Waals surface area contributed by atoms with Crippen molar-refractivity contribution < 1.29 is 14.3 Å². The number of rotatable bonds is 7. The normalized spacial score (nSPS) is 14.8. The number of pyridine rings is 1. The Labute approximate surface area is 171 Å². The van der Waals surface area contributed by atoms with E-state index < -0.39 is 0 Å². The van der Waals surface area contributed by atoms with E-state index in [0.29, 0.717) is 41.8 Å². The second kappa shape index (κ2) is 9.75. The first-order chi connectivity index (χ1) is 13.6. The van der Waals surface area contributed by atoms with E-state index in [0.717, 1.165) is 26.1 Å². The van der Waals surface area contributed by atoms with Crippen molar-refractivity contribution in [2.24, 2.45) is 0 Å². The van der Waals surface area contributed by atoms with Crippen molar-refractivity contribution in [2.45, 2.75) is 19.9 Å². The molecule has 0 radical (unpaired) electrons. The average Bonchev–Trinajstić information content (AvgIpc) is 2.73. The molecule has 1 fully saturated rings. The lowest BCUT2D eigenvalue weighted by molar-refractivity contribution is 0.0628. The molecule has 0 aliphatic carbocycles. The minimum atomic E-state index is -0.0386. The van der Waals surface area contributed by atoms with E-state index in [4.69, 9.17) is 21.1 Å². The Bertz CT molecular complexity index is 793. The van der Waals surface area contributed by atoms with Gasteiger partial charge in [0.1, 0.15) is 0 Å². The lowest BCUT2D eigenvalue weighted by Gasteiger charge is -2.34. The number of methoxy groups -OCH3 is 1. The van der Waals surface area contributed by atoms with Crippen LogP contribution in [0.25, 0.3) is 0 Å². The third kappa shape index (κ3) is 4.94. The lowest BCUT2D eigenvalue weighted by Crippen LogP contribution is -2.48. The molecule has 1 aromatic carbocycles. The molecule has 28 heavy (non-hydrogen) atoms. The van der Waals surface area contributed by atoms with E-state index in [2.05, 4.69) is 16.0 Å². The van der Waals surface area contributed by atoms with E-state index in [1.807, 2.05) is 24.1 Å². The van der Waals surface area contributed by atoms with Crippen LogP contribution in [0.5, 0.6) is 11.5 Å². The van der Waals surface area contributed by atoms with E-state index in [9.17, 15) is 4.79 Å². The maximum absolute atomic E-state index is 13.0. The number of amides is 1. The lowest BCUT2D eigenvalue weighted by atomic mass is 10.1. The Kier molecular flexibility index (Phi) is 7.12. The summed E-state index contributed by atoms with van der Waals surface area (Å²) in [5, 5.41) is 0.395. The molecule has 1 aliphatic rings. The highest BCUT2D eigenvalue weighted by atomic mass is 35.5. The van der Waals surface area contributed by atoms with E-state index in [1.165, 1.54) is 5.56 Å². The molecular formula is C21H26ClN3O3. The number of piperazine rings is 1. The van der Waals surface area contributed by atoms with Gasteiger partial charge in [0.15, 0.2) is 11.5 Å². The molecule has 0 unspecified atom stereocenters. The molecular weight excluding hydrogens is 378 g/mol. The zero-order valence-corrected chi connectivity index (χ0v) is 17.1. The maximum Gasteiger partial charge on any atom is 0.254 e. The third-order valence-corrected chi connectivity index (χ3v) is 5.00. The second-order valence-electron chi connectivity index (χ2n) is 6.77. The Morgan fingerprint density at radius 1 is 1.25 bits per heavy atom. The molecule has 0 N–H and O–H groups in total. The van der Waals surface area contributed by atoms with Crippen molar-refractivity contribution in [1.82, 2.24) is 14.8 Å². The monoisotopic (exact) mass is 403 g/mol. The van der Waals surface area contributed by atoms with Crippen LogP contribution in [-0.4, -0.2) is 60.6 Å². The predicted molar refractivity (Wildman–Crippen MR) is 109 cm³/mol. The van der Waals surface area contributed by atoms with Crippen LogP contribution in [0.2, 0.25) is 5.02 Å². The number of hydrogen-bond donors (Lipinski definition) is 0. The van der Waals surface area contributed by atoms with Gasteiger partial charge < -0.3 is 14.4 Å². The first-order valence-electron chi connectivity index (χ1n) is 9.53. The Hall–Kier alpha value is -2.31. The molecule has 0 atom stereocenters. The van der Waals surface area contributed by atoms with Crippen LogP contribution in [0.15, 0.2) is 36.7 Å². The molecule has 2 aromatic rings. The highest BCUT2D eigenvalue weighted by Gasteiger charge is 2.24. The molecule has 3 rings (SSSR count). The molecule has 1 saturated heterocycles. The van der Waals surface area contributed by atoms with Crippen LogP contribution in [0.1, 0.15) is 29.3 Å². The standard InChI is InChI=1S/C21H26ClN3O3/c1-3-11-28-20-18(22)12-17(13-19(20)27-2)21(26)25-9-7-24(8-10-25)15-16-5-4-6-23-14-16/h4-6,12-14H,3,7-11,15H2,1-2H3. The Morgan fingerprint density at radius 2 is 2.04 bits per heavy atom. The molecule has 0 bridgehead atoms. The zero-order valence-electron chi connectivity index (χ0n) is 16.4. The fourth-order valence-corrected chi connectivity index (χ4v) is 3.49. The summed E-state index contributed by atoms with van der Waals surface area (Å²) < 4.78 is 11.1. The van der Waals surface area contributed by atoms with Crippen molar-refractivity contribution in [3.63, 3.8) is 0 Å². The SMILES string of the molecule is CCCOc1c(Cl)cc(C(=O)N2CCN(Cc3cccnc3)CC2)cc1OC. The highest BCUT2D eigenvalue weighted by molar-refractivity contribution is 6.32. The van der Waals surface area contributed by atoms with Crippen LogP contribution >= 0.6 is 11.6 Å². The van der Waals surface area contributed by atoms with Gasteiger partial charge in [0.2, 0.25) is 0 Å². The zero-order chi connectivity index (χ0) is 19.9. The van der Waals surface area contributed by atoms with Crippen LogP contribution in [0, 0.1) is 0 Å². The fraction of sp³-hybridized carbons (Fsp3) is 0.429. The van der Waals surface area contributed by atoms with E-state index in [-0.39, 0.29) is 5.91 Å². The summed E-state index contributed by atoms with van der Waals surface area (Å²) in [6.07, 6.45) is 4.52. The van der Waals surface area contributed by atoms with Gasteiger partial charge in [-0.15, -0.1) is 0 Å². The van der Waals surface area contributed by atoms with Crippen molar-refractivity contribution in [3.05, 3.63) is 52.8 Å². The molecule has 0 saturated carbocycles. The molecule has 7 heteroatoms. The van der Waals surface area contributed by atoms with E-state index in [1.54, 1.807) is 25.4 Å². The summed E-state index contributed by atoms with van der Waals surface area (Å²) in [5.41, 5.74) is 1.70. The number of carbonyl (C=O) groups is 1. The van der Waals surface area contributed by atoms with Gasteiger partial charge >= 0.3 is 0 Å². The van der Waals surface area contributed by atoms with Crippen molar-refractivity contribution in [3.8, 4) is 11.5 Å². The summed E-state index contributed by atoms with van der Waals surface area (Å²) >= 11 is 6.36. The molecule has 6 nitrogen and oxygen atoms in total. The quantitative estimate of drug-likeness (QED) is 0.708. The summed E-state index contributed by atoms with van der Waals surface area (Å²) in [6, 6.07) is 7.39. The first-order valence-corrected chi connectivity index (χ1v) is 9.91. The van der Waals surface area contributed by atoms with E-state index >= 15 is 0 Å². The fourth-order valence-electron chi connectivity index (χ4n) is 3.23. The maximum atomic E-state index is 13.0. The Balaban J connectivity index is 1.64.